The van der Waals surface area contributed by atoms with Gasteiger partial charge in [0.2, 0.25) is 6.79 Å². The summed E-state index contributed by atoms with van der Waals surface area (Å²) in [4.78, 5) is 13.8. The standard InChI is InChI=1S/C17H23N3O5/c21-20(22)14-10-16-15(24-11-25-16)9-13(14)17(12-1-7-23-8-2-12)19-5-3-18-4-6-19/h9-10,12,17-18H,1-8,11H2/t17-/m1/s1. The minimum atomic E-state index is -0.300. The van der Waals surface area contributed by atoms with E-state index in [2.05, 4.69) is 10.2 Å². The average Bonchev–Trinajstić information content (AvgIpc) is 3.10. The maximum Gasteiger partial charge on any atom is 0.278 e. The number of ether oxygens (including phenoxy) is 3. The fourth-order valence-corrected chi connectivity index (χ4v) is 4.08. The van der Waals surface area contributed by atoms with Crippen LogP contribution in [0.15, 0.2) is 12.1 Å². The monoisotopic (exact) mass is 349 g/mol. The van der Waals surface area contributed by atoms with Crippen molar-refractivity contribution in [1.29, 1.82) is 0 Å². The van der Waals surface area contributed by atoms with Gasteiger partial charge >= 0.3 is 0 Å². The molecule has 0 saturated carbocycles. The summed E-state index contributed by atoms with van der Waals surface area (Å²) >= 11 is 0. The van der Waals surface area contributed by atoms with Crippen LogP contribution in [-0.4, -0.2) is 56.0 Å². The zero-order chi connectivity index (χ0) is 17.2. The molecule has 0 radical (unpaired) electrons. The third-order valence-electron chi connectivity index (χ3n) is 5.29. The summed E-state index contributed by atoms with van der Waals surface area (Å²) in [5, 5.41) is 15.1. The molecule has 0 unspecified atom stereocenters. The van der Waals surface area contributed by atoms with Gasteiger partial charge in [0.25, 0.3) is 5.69 Å². The molecule has 0 aromatic heterocycles. The summed E-state index contributed by atoms with van der Waals surface area (Å²) in [5.74, 6) is 1.40. The highest BCUT2D eigenvalue weighted by atomic mass is 16.7. The molecule has 2 fully saturated rings. The number of hydrogen-bond acceptors (Lipinski definition) is 7. The van der Waals surface area contributed by atoms with Crippen LogP contribution in [-0.2, 0) is 4.74 Å². The third-order valence-corrected chi connectivity index (χ3v) is 5.29. The molecule has 3 aliphatic heterocycles. The second kappa shape index (κ2) is 7.15. The Morgan fingerprint density at radius 1 is 1.16 bits per heavy atom. The largest absolute Gasteiger partial charge is 0.454 e. The van der Waals surface area contributed by atoms with Crippen LogP contribution in [0.25, 0.3) is 0 Å². The van der Waals surface area contributed by atoms with Crippen LogP contribution in [0.5, 0.6) is 11.5 Å². The maximum atomic E-state index is 11.7. The highest BCUT2D eigenvalue weighted by molar-refractivity contribution is 5.56. The van der Waals surface area contributed by atoms with Crippen molar-refractivity contribution >= 4 is 5.69 Å². The second-order valence-electron chi connectivity index (χ2n) is 6.70. The highest BCUT2D eigenvalue weighted by Crippen LogP contribution is 2.45. The van der Waals surface area contributed by atoms with Crippen molar-refractivity contribution in [3.05, 3.63) is 27.8 Å². The molecule has 0 spiro atoms. The summed E-state index contributed by atoms with van der Waals surface area (Å²) in [6.45, 7) is 5.11. The number of nitrogens with one attached hydrogen (secondary N) is 1. The first-order valence-electron chi connectivity index (χ1n) is 8.84. The van der Waals surface area contributed by atoms with Gasteiger partial charge in [-0.25, -0.2) is 0 Å². The predicted octanol–water partition coefficient (Wildman–Crippen LogP) is 1.70. The van der Waals surface area contributed by atoms with E-state index in [0.29, 0.717) is 30.6 Å². The van der Waals surface area contributed by atoms with Crippen molar-refractivity contribution in [2.75, 3.05) is 46.2 Å². The minimum absolute atomic E-state index is 0.000833. The topological polar surface area (TPSA) is 86.1 Å². The first-order chi connectivity index (χ1) is 12.2. The minimum Gasteiger partial charge on any atom is -0.454 e. The number of hydrogen-bond donors (Lipinski definition) is 1. The van der Waals surface area contributed by atoms with Crippen molar-refractivity contribution in [3.8, 4) is 11.5 Å². The number of benzene rings is 1. The lowest BCUT2D eigenvalue weighted by Crippen LogP contribution is -2.47. The molecule has 8 heteroatoms. The number of fused-ring (bicyclic) bond motifs is 1. The van der Waals surface area contributed by atoms with E-state index >= 15 is 0 Å². The fraction of sp³-hybridized carbons (Fsp3) is 0.647. The van der Waals surface area contributed by atoms with Crippen molar-refractivity contribution in [2.45, 2.75) is 18.9 Å². The Morgan fingerprint density at radius 2 is 1.84 bits per heavy atom. The van der Waals surface area contributed by atoms with Gasteiger partial charge in [-0.15, -0.1) is 0 Å². The van der Waals surface area contributed by atoms with Gasteiger partial charge in [-0.05, 0) is 24.8 Å². The molecule has 136 valence electrons. The van der Waals surface area contributed by atoms with Crippen LogP contribution in [0.2, 0.25) is 0 Å². The number of piperazine rings is 1. The van der Waals surface area contributed by atoms with Crippen LogP contribution in [0, 0.1) is 16.0 Å². The van der Waals surface area contributed by atoms with E-state index in [4.69, 9.17) is 14.2 Å². The Balaban J connectivity index is 1.76. The molecule has 2 saturated heterocycles. The van der Waals surface area contributed by atoms with Gasteiger partial charge in [0.1, 0.15) is 0 Å². The number of nitrogens with zero attached hydrogens (tertiary/aromatic N) is 2. The zero-order valence-corrected chi connectivity index (χ0v) is 14.1. The summed E-state index contributed by atoms with van der Waals surface area (Å²) < 4.78 is 16.4. The lowest BCUT2D eigenvalue weighted by atomic mass is 9.84. The predicted molar refractivity (Wildman–Crippen MR) is 89.9 cm³/mol. The van der Waals surface area contributed by atoms with E-state index in [-0.39, 0.29) is 23.4 Å². The molecular formula is C17H23N3O5. The van der Waals surface area contributed by atoms with E-state index in [1.54, 1.807) is 0 Å². The van der Waals surface area contributed by atoms with E-state index < -0.39 is 0 Å². The van der Waals surface area contributed by atoms with Gasteiger partial charge < -0.3 is 19.5 Å². The Hall–Kier alpha value is -1.90. The van der Waals surface area contributed by atoms with Crippen LogP contribution in [0.3, 0.4) is 0 Å². The van der Waals surface area contributed by atoms with E-state index in [9.17, 15) is 10.1 Å². The Morgan fingerprint density at radius 3 is 2.52 bits per heavy atom. The van der Waals surface area contributed by atoms with Gasteiger partial charge in [0.15, 0.2) is 11.5 Å². The average molecular weight is 349 g/mol. The smallest absolute Gasteiger partial charge is 0.278 e. The summed E-state index contributed by atoms with van der Waals surface area (Å²) in [5.41, 5.74) is 0.863. The lowest BCUT2D eigenvalue weighted by Gasteiger charge is -2.40. The molecule has 1 N–H and O–H groups in total. The molecule has 4 rings (SSSR count). The van der Waals surface area contributed by atoms with E-state index in [1.165, 1.54) is 6.07 Å². The molecule has 3 aliphatic rings. The van der Waals surface area contributed by atoms with Crippen molar-refractivity contribution in [2.24, 2.45) is 5.92 Å². The van der Waals surface area contributed by atoms with Crippen LogP contribution >= 0.6 is 0 Å². The molecule has 0 aliphatic carbocycles. The molecule has 1 atom stereocenters. The maximum absolute atomic E-state index is 11.7. The van der Waals surface area contributed by atoms with Gasteiger partial charge in [0, 0.05) is 45.4 Å². The fourth-order valence-electron chi connectivity index (χ4n) is 4.08. The van der Waals surface area contributed by atoms with Gasteiger partial charge in [-0.3, -0.25) is 15.0 Å². The van der Waals surface area contributed by atoms with E-state index in [1.807, 2.05) is 6.07 Å². The van der Waals surface area contributed by atoms with Crippen LogP contribution < -0.4 is 14.8 Å². The molecule has 0 bridgehead atoms. The second-order valence-corrected chi connectivity index (χ2v) is 6.70. The number of nitro groups is 1. The van der Waals surface area contributed by atoms with Gasteiger partial charge in [-0.1, -0.05) is 0 Å². The Kier molecular flexibility index (Phi) is 4.74. The van der Waals surface area contributed by atoms with Crippen molar-refractivity contribution < 1.29 is 19.1 Å². The first kappa shape index (κ1) is 16.6. The molecule has 8 nitrogen and oxygen atoms in total. The SMILES string of the molecule is O=[N+]([O-])c1cc2c(cc1[C@@H](C1CCOCC1)N1CCNCC1)OCO2. The number of rotatable bonds is 4. The molecular weight excluding hydrogens is 326 g/mol. The normalized spacial score (nSPS) is 22.7. The molecule has 1 aromatic rings. The summed E-state index contributed by atoms with van der Waals surface area (Å²) in [7, 11) is 0. The van der Waals surface area contributed by atoms with Crippen molar-refractivity contribution in [3.63, 3.8) is 0 Å². The van der Waals surface area contributed by atoms with E-state index in [0.717, 1.165) is 44.6 Å². The summed E-state index contributed by atoms with van der Waals surface area (Å²) in [6, 6.07) is 3.34. The summed E-state index contributed by atoms with van der Waals surface area (Å²) in [6.07, 6.45) is 1.83. The molecule has 25 heavy (non-hydrogen) atoms. The third kappa shape index (κ3) is 3.29. The molecule has 3 heterocycles. The number of nitro benzene ring substituents is 1. The van der Waals surface area contributed by atoms with Gasteiger partial charge in [-0.2, -0.15) is 0 Å². The Bertz CT molecular complexity index is 623. The zero-order valence-electron chi connectivity index (χ0n) is 14.1. The highest BCUT2D eigenvalue weighted by Gasteiger charge is 2.37. The Labute approximate surface area is 146 Å². The van der Waals surface area contributed by atoms with Crippen LogP contribution in [0.4, 0.5) is 5.69 Å². The first-order valence-corrected chi connectivity index (χ1v) is 8.84. The lowest BCUT2D eigenvalue weighted by molar-refractivity contribution is -0.386. The molecule has 1 aromatic carbocycles. The van der Waals surface area contributed by atoms with Crippen molar-refractivity contribution in [1.82, 2.24) is 10.2 Å². The molecule has 0 amide bonds. The quantitative estimate of drug-likeness (QED) is 0.654. The van der Waals surface area contributed by atoms with Gasteiger partial charge in [0.05, 0.1) is 16.6 Å². The van der Waals surface area contributed by atoms with Crippen LogP contribution in [0.1, 0.15) is 24.4 Å².